The summed E-state index contributed by atoms with van der Waals surface area (Å²) in [6.45, 7) is 4.96. The third-order valence-corrected chi connectivity index (χ3v) is 5.93. The average molecular weight is 452 g/mol. The molecular weight excluding hydrogens is 421 g/mol. The fourth-order valence-corrected chi connectivity index (χ4v) is 4.28. The summed E-state index contributed by atoms with van der Waals surface area (Å²) in [7, 11) is 0. The lowest BCUT2D eigenvalue weighted by Crippen LogP contribution is -2.52. The molecule has 2 unspecified atom stereocenters. The number of hydrogen-bond donors (Lipinski definition) is 2. The van der Waals surface area contributed by atoms with Crippen molar-refractivity contribution in [1.29, 1.82) is 0 Å². The number of aliphatic hydroxyl groups excluding tert-OH is 1. The van der Waals surface area contributed by atoms with Crippen LogP contribution in [-0.4, -0.2) is 90.3 Å². The highest BCUT2D eigenvalue weighted by atomic mass is 35.5. The lowest BCUT2D eigenvalue weighted by Gasteiger charge is -2.36. The molecule has 2 fully saturated rings. The lowest BCUT2D eigenvalue weighted by molar-refractivity contribution is -0.133. The predicted molar refractivity (Wildman–Crippen MR) is 119 cm³/mol. The Kier molecular flexibility index (Phi) is 12.2. The van der Waals surface area contributed by atoms with Gasteiger partial charge in [-0.25, -0.2) is 0 Å². The Hall–Kier alpha value is -0.700. The molecule has 6 nitrogen and oxygen atoms in total. The van der Waals surface area contributed by atoms with Crippen LogP contribution in [0.15, 0.2) is 30.3 Å². The first-order valence-corrected chi connectivity index (χ1v) is 10.5. The van der Waals surface area contributed by atoms with Crippen LogP contribution < -0.4 is 10.1 Å². The van der Waals surface area contributed by atoms with Gasteiger partial charge in [0.2, 0.25) is 5.91 Å². The number of nitrogens with one attached hydrogen (secondary N) is 1. The molecule has 0 saturated carbocycles. The molecule has 160 valence electrons. The van der Waals surface area contributed by atoms with E-state index in [4.69, 9.17) is 4.74 Å². The number of ether oxygens (including phenoxy) is 1. The van der Waals surface area contributed by atoms with E-state index in [1.165, 1.54) is 0 Å². The van der Waals surface area contributed by atoms with E-state index in [0.29, 0.717) is 19.0 Å². The molecular formula is C19H31Cl2N3O3S. The molecule has 0 aromatic heterocycles. The first-order chi connectivity index (χ1) is 12.7. The highest BCUT2D eigenvalue weighted by Crippen LogP contribution is 2.13. The Morgan fingerprint density at radius 3 is 2.57 bits per heavy atom. The van der Waals surface area contributed by atoms with Crippen LogP contribution in [0.1, 0.15) is 6.42 Å². The smallest absolute Gasteiger partial charge is 0.224 e. The minimum Gasteiger partial charge on any atom is -0.491 e. The molecule has 0 spiro atoms. The molecule has 1 aromatic carbocycles. The zero-order valence-electron chi connectivity index (χ0n) is 16.0. The van der Waals surface area contributed by atoms with Gasteiger partial charge in [-0.15, -0.1) is 24.8 Å². The van der Waals surface area contributed by atoms with E-state index in [9.17, 15) is 9.90 Å². The van der Waals surface area contributed by atoms with Gasteiger partial charge in [0.1, 0.15) is 18.5 Å². The molecule has 2 aliphatic heterocycles. The summed E-state index contributed by atoms with van der Waals surface area (Å²) in [5, 5.41) is 13.6. The number of carbonyl (C=O) groups excluding carboxylic acids is 1. The van der Waals surface area contributed by atoms with Gasteiger partial charge in [0.15, 0.2) is 0 Å². The maximum Gasteiger partial charge on any atom is 0.224 e. The van der Waals surface area contributed by atoms with Gasteiger partial charge in [0.25, 0.3) is 0 Å². The van der Waals surface area contributed by atoms with Crippen LogP contribution in [0.4, 0.5) is 0 Å². The van der Waals surface area contributed by atoms with Crippen molar-refractivity contribution in [2.45, 2.75) is 18.6 Å². The topological polar surface area (TPSA) is 65.0 Å². The van der Waals surface area contributed by atoms with Crippen molar-refractivity contribution < 1.29 is 14.6 Å². The highest BCUT2D eigenvalue weighted by Gasteiger charge is 2.25. The third kappa shape index (κ3) is 8.35. The summed E-state index contributed by atoms with van der Waals surface area (Å²) in [6, 6.07) is 9.86. The maximum absolute atomic E-state index is 12.4. The number of nitrogens with zero attached hydrogens (tertiary/aromatic N) is 2. The van der Waals surface area contributed by atoms with Crippen molar-refractivity contribution in [2.24, 2.45) is 0 Å². The number of carbonyl (C=O) groups is 1. The molecule has 2 heterocycles. The molecule has 2 saturated heterocycles. The molecule has 2 aliphatic rings. The Balaban J connectivity index is 0.00000196. The number of thioether (sulfide) groups is 1. The minimum absolute atomic E-state index is 0. The molecule has 1 aromatic rings. The second-order valence-corrected chi connectivity index (χ2v) is 8.04. The van der Waals surface area contributed by atoms with E-state index in [1.54, 1.807) is 0 Å². The van der Waals surface area contributed by atoms with Gasteiger partial charge in [-0.05, 0) is 12.1 Å². The van der Waals surface area contributed by atoms with Crippen LogP contribution in [0.25, 0.3) is 0 Å². The van der Waals surface area contributed by atoms with Crippen LogP contribution in [0, 0.1) is 0 Å². The molecule has 2 atom stereocenters. The van der Waals surface area contributed by atoms with Crippen LogP contribution in [-0.2, 0) is 4.79 Å². The molecule has 28 heavy (non-hydrogen) atoms. The standard InChI is InChI=1S/C19H29N3O3S.2ClH/c23-17(14-25-18-4-2-1-3-5-18)13-21-7-9-22(10-8-21)19(24)12-16-15-26-11-6-20-16;;/h1-5,16-17,20,23H,6-15H2;2*1H. The SMILES string of the molecule is Cl.Cl.O=C(CC1CSCCN1)N1CCN(CC(O)COc2ccccc2)CC1. The van der Waals surface area contributed by atoms with E-state index in [2.05, 4.69) is 10.2 Å². The zero-order valence-corrected chi connectivity index (χ0v) is 18.4. The van der Waals surface area contributed by atoms with Crippen LogP contribution in [0.5, 0.6) is 5.75 Å². The Morgan fingerprint density at radius 1 is 1.21 bits per heavy atom. The van der Waals surface area contributed by atoms with Gasteiger partial charge in [0.05, 0.1) is 0 Å². The third-order valence-electron chi connectivity index (χ3n) is 4.80. The Labute approximate surface area is 184 Å². The Morgan fingerprint density at radius 2 is 1.93 bits per heavy atom. The van der Waals surface area contributed by atoms with Crippen molar-refractivity contribution >= 4 is 42.5 Å². The monoisotopic (exact) mass is 451 g/mol. The first-order valence-electron chi connectivity index (χ1n) is 9.38. The number of amides is 1. The number of benzene rings is 1. The normalized spacial score (nSPS) is 21.2. The summed E-state index contributed by atoms with van der Waals surface area (Å²) in [6.07, 6.45) is 0.0708. The van der Waals surface area contributed by atoms with Crippen molar-refractivity contribution in [3.63, 3.8) is 0 Å². The number of β-amino-alcohol motifs (C(OH)–C–C–N with tert-alkyl or cyclic N) is 1. The molecule has 2 N–H and O–H groups in total. The number of rotatable bonds is 7. The first kappa shape index (κ1) is 25.3. The number of piperazine rings is 1. The fraction of sp³-hybridized carbons (Fsp3) is 0.632. The number of para-hydroxylation sites is 1. The number of halogens is 2. The van der Waals surface area contributed by atoms with E-state index < -0.39 is 6.10 Å². The zero-order chi connectivity index (χ0) is 18.2. The van der Waals surface area contributed by atoms with Gasteiger partial charge in [-0.2, -0.15) is 11.8 Å². The van der Waals surface area contributed by atoms with Gasteiger partial charge in [-0.1, -0.05) is 18.2 Å². The maximum atomic E-state index is 12.4. The second-order valence-electron chi connectivity index (χ2n) is 6.89. The number of aliphatic hydroxyl groups is 1. The van der Waals surface area contributed by atoms with E-state index in [1.807, 2.05) is 47.0 Å². The predicted octanol–water partition coefficient (Wildman–Crippen LogP) is 1.51. The fourth-order valence-electron chi connectivity index (χ4n) is 3.33. The molecule has 1 amide bonds. The average Bonchev–Trinajstić information content (AvgIpc) is 2.68. The minimum atomic E-state index is -0.527. The van der Waals surface area contributed by atoms with Gasteiger partial charge in [-0.3, -0.25) is 9.69 Å². The largest absolute Gasteiger partial charge is 0.491 e. The van der Waals surface area contributed by atoms with E-state index >= 15 is 0 Å². The summed E-state index contributed by atoms with van der Waals surface area (Å²) >= 11 is 1.92. The molecule has 3 rings (SSSR count). The highest BCUT2D eigenvalue weighted by molar-refractivity contribution is 7.99. The lowest BCUT2D eigenvalue weighted by atomic mass is 10.2. The molecule has 0 aliphatic carbocycles. The van der Waals surface area contributed by atoms with Crippen molar-refractivity contribution in [3.8, 4) is 5.75 Å². The quantitative estimate of drug-likeness (QED) is 0.654. The molecule has 9 heteroatoms. The summed E-state index contributed by atoms with van der Waals surface area (Å²) in [5.74, 6) is 3.19. The summed E-state index contributed by atoms with van der Waals surface area (Å²) < 4.78 is 5.60. The summed E-state index contributed by atoms with van der Waals surface area (Å²) in [4.78, 5) is 16.6. The van der Waals surface area contributed by atoms with Crippen molar-refractivity contribution in [1.82, 2.24) is 15.1 Å². The van der Waals surface area contributed by atoms with Crippen LogP contribution in [0.2, 0.25) is 0 Å². The van der Waals surface area contributed by atoms with Crippen molar-refractivity contribution in [2.75, 3.05) is 57.4 Å². The summed E-state index contributed by atoms with van der Waals surface area (Å²) in [5.41, 5.74) is 0. The van der Waals surface area contributed by atoms with E-state index in [-0.39, 0.29) is 37.3 Å². The van der Waals surface area contributed by atoms with Gasteiger partial charge >= 0.3 is 0 Å². The second kappa shape index (κ2) is 13.5. The van der Waals surface area contributed by atoms with Gasteiger partial charge in [0, 0.05) is 63.2 Å². The molecule has 0 bridgehead atoms. The Bertz CT molecular complexity index is 557. The number of hydrogen-bond acceptors (Lipinski definition) is 6. The van der Waals surface area contributed by atoms with E-state index in [0.717, 1.165) is 50.0 Å². The van der Waals surface area contributed by atoms with Crippen molar-refractivity contribution in [3.05, 3.63) is 30.3 Å². The van der Waals surface area contributed by atoms with Crippen LogP contribution in [0.3, 0.4) is 0 Å². The van der Waals surface area contributed by atoms with Gasteiger partial charge < -0.3 is 20.1 Å². The van der Waals surface area contributed by atoms with Crippen LogP contribution >= 0.6 is 36.6 Å². The molecule has 0 radical (unpaired) electrons.